The van der Waals surface area contributed by atoms with Gasteiger partial charge >= 0.3 is 0 Å². The lowest BCUT2D eigenvalue weighted by molar-refractivity contribution is 0.259. The first-order valence-electron chi connectivity index (χ1n) is 6.17. The molecule has 112 valence electrons. The Balaban J connectivity index is 2.32. The minimum absolute atomic E-state index is 0.0553. The Kier molecular flexibility index (Phi) is 4.84. The van der Waals surface area contributed by atoms with Crippen molar-refractivity contribution in [3.05, 3.63) is 59.1 Å². The lowest BCUT2D eigenvalue weighted by Gasteiger charge is -2.17. The van der Waals surface area contributed by atoms with Crippen LogP contribution in [0.2, 0.25) is 5.02 Å². The van der Waals surface area contributed by atoms with Gasteiger partial charge in [-0.3, -0.25) is 0 Å². The molecule has 0 heterocycles. The van der Waals surface area contributed by atoms with Crippen LogP contribution in [0, 0.1) is 0 Å². The van der Waals surface area contributed by atoms with Crippen molar-refractivity contribution in [2.45, 2.75) is 10.9 Å². The molecule has 0 aromatic heterocycles. The van der Waals surface area contributed by atoms with E-state index < -0.39 is 16.1 Å². The van der Waals surface area contributed by atoms with Crippen LogP contribution in [0.5, 0.6) is 0 Å². The molecule has 0 fully saturated rings. The van der Waals surface area contributed by atoms with E-state index in [0.29, 0.717) is 10.6 Å². The van der Waals surface area contributed by atoms with Crippen molar-refractivity contribution >= 4 is 27.3 Å². The minimum atomic E-state index is -3.86. The van der Waals surface area contributed by atoms with Gasteiger partial charge in [0.1, 0.15) is 4.90 Å². The van der Waals surface area contributed by atoms with Crippen molar-refractivity contribution in [2.75, 3.05) is 12.3 Å². The van der Waals surface area contributed by atoms with Crippen molar-refractivity contribution in [1.82, 2.24) is 4.72 Å². The molecule has 4 N–H and O–H groups in total. The zero-order valence-corrected chi connectivity index (χ0v) is 12.6. The third-order valence-electron chi connectivity index (χ3n) is 2.94. The topological polar surface area (TPSA) is 92.4 Å². The maximum Gasteiger partial charge on any atom is 0.243 e. The van der Waals surface area contributed by atoms with Gasteiger partial charge in [-0.2, -0.15) is 0 Å². The lowest BCUT2D eigenvalue weighted by atomic mass is 10.1. The van der Waals surface area contributed by atoms with Crippen LogP contribution in [-0.4, -0.2) is 20.1 Å². The van der Waals surface area contributed by atoms with Gasteiger partial charge in [0.05, 0.1) is 18.3 Å². The van der Waals surface area contributed by atoms with E-state index in [4.69, 9.17) is 17.3 Å². The van der Waals surface area contributed by atoms with E-state index in [9.17, 15) is 13.5 Å². The van der Waals surface area contributed by atoms with Crippen molar-refractivity contribution in [3.8, 4) is 0 Å². The minimum Gasteiger partial charge on any atom is -0.398 e. The Bertz CT molecular complexity index is 720. The van der Waals surface area contributed by atoms with Gasteiger partial charge in [-0.15, -0.1) is 0 Å². The molecule has 7 heteroatoms. The van der Waals surface area contributed by atoms with Gasteiger partial charge in [0.25, 0.3) is 0 Å². The van der Waals surface area contributed by atoms with Crippen LogP contribution in [0.1, 0.15) is 11.6 Å². The van der Waals surface area contributed by atoms with Gasteiger partial charge in [0.2, 0.25) is 10.0 Å². The first-order chi connectivity index (χ1) is 9.94. The predicted octanol–water partition coefficient (Wildman–Crippen LogP) is 1.93. The van der Waals surface area contributed by atoms with Gasteiger partial charge in [-0.25, -0.2) is 13.1 Å². The quantitative estimate of drug-likeness (QED) is 0.732. The Hall–Kier alpha value is -1.60. The second kappa shape index (κ2) is 6.44. The highest BCUT2D eigenvalue weighted by Gasteiger charge is 2.22. The number of hydrogen-bond donors (Lipinski definition) is 3. The van der Waals surface area contributed by atoms with Crippen LogP contribution in [0.25, 0.3) is 0 Å². The second-order valence-electron chi connectivity index (χ2n) is 4.45. The molecule has 0 aliphatic rings. The van der Waals surface area contributed by atoms with Crippen molar-refractivity contribution in [1.29, 1.82) is 0 Å². The number of anilines is 1. The summed E-state index contributed by atoms with van der Waals surface area (Å²) >= 11 is 5.76. The largest absolute Gasteiger partial charge is 0.398 e. The molecule has 2 aromatic rings. The molecular formula is C14H15ClN2O3S. The number of nitrogens with two attached hydrogens (primary N) is 1. The highest BCUT2D eigenvalue weighted by atomic mass is 35.5. The van der Waals surface area contributed by atoms with Crippen LogP contribution in [0.3, 0.4) is 0 Å². The fourth-order valence-corrected chi connectivity index (χ4v) is 3.42. The van der Waals surface area contributed by atoms with Crippen molar-refractivity contribution in [2.24, 2.45) is 0 Å². The molecule has 0 bridgehead atoms. The summed E-state index contributed by atoms with van der Waals surface area (Å²) in [5, 5.41) is 9.78. The van der Waals surface area contributed by atoms with Gasteiger partial charge in [-0.1, -0.05) is 41.9 Å². The molecule has 5 nitrogen and oxygen atoms in total. The fourth-order valence-electron chi connectivity index (χ4n) is 1.91. The first kappa shape index (κ1) is 15.8. The number of hydrogen-bond acceptors (Lipinski definition) is 4. The second-order valence-corrected chi connectivity index (χ2v) is 6.57. The molecule has 0 saturated heterocycles. The number of nitrogens with one attached hydrogen (secondary N) is 1. The van der Waals surface area contributed by atoms with Gasteiger partial charge in [0, 0.05) is 5.02 Å². The Morgan fingerprint density at radius 3 is 2.43 bits per heavy atom. The Labute approximate surface area is 128 Å². The standard InChI is InChI=1S/C14H15ClN2O3S/c15-11-6-7-14(12(16)8-11)21(19,20)17-13(9-18)10-4-2-1-3-5-10/h1-8,13,17-18H,9,16H2. The molecule has 0 amide bonds. The van der Waals surface area contributed by atoms with E-state index in [0.717, 1.165) is 0 Å². The highest BCUT2D eigenvalue weighted by molar-refractivity contribution is 7.89. The third-order valence-corrected chi connectivity index (χ3v) is 4.72. The Morgan fingerprint density at radius 2 is 1.86 bits per heavy atom. The normalized spacial score (nSPS) is 13.0. The fraction of sp³-hybridized carbons (Fsp3) is 0.143. The monoisotopic (exact) mass is 326 g/mol. The number of rotatable bonds is 5. The molecule has 2 rings (SSSR count). The van der Waals surface area contributed by atoms with Gasteiger partial charge < -0.3 is 10.8 Å². The van der Waals surface area contributed by atoms with E-state index in [1.807, 2.05) is 6.07 Å². The molecule has 0 aliphatic carbocycles. The van der Waals surface area contributed by atoms with Crippen LogP contribution in [0.4, 0.5) is 5.69 Å². The maximum atomic E-state index is 12.4. The van der Waals surface area contributed by atoms with Gasteiger partial charge in [-0.05, 0) is 23.8 Å². The van der Waals surface area contributed by atoms with Crippen molar-refractivity contribution < 1.29 is 13.5 Å². The molecule has 0 aliphatic heterocycles. The zero-order valence-electron chi connectivity index (χ0n) is 11.0. The van der Waals surface area contributed by atoms with Crippen LogP contribution in [-0.2, 0) is 10.0 Å². The number of halogens is 1. The number of nitrogen functional groups attached to an aromatic ring is 1. The zero-order chi connectivity index (χ0) is 15.5. The number of aliphatic hydroxyl groups excluding tert-OH is 1. The predicted molar refractivity (Wildman–Crippen MR) is 82.5 cm³/mol. The summed E-state index contributed by atoms with van der Waals surface area (Å²) in [5.74, 6) is 0. The molecule has 1 unspecified atom stereocenters. The van der Waals surface area contributed by atoms with Crippen LogP contribution < -0.4 is 10.5 Å². The first-order valence-corrected chi connectivity index (χ1v) is 8.03. The lowest BCUT2D eigenvalue weighted by Crippen LogP contribution is -2.31. The van der Waals surface area contributed by atoms with Crippen LogP contribution >= 0.6 is 11.6 Å². The van der Waals surface area contributed by atoms with E-state index in [2.05, 4.69) is 4.72 Å². The average molecular weight is 327 g/mol. The molecule has 0 spiro atoms. The molecule has 0 saturated carbocycles. The summed E-state index contributed by atoms with van der Waals surface area (Å²) in [5.41, 5.74) is 6.42. The summed E-state index contributed by atoms with van der Waals surface area (Å²) < 4.78 is 27.2. The van der Waals surface area contributed by atoms with Gasteiger partial charge in [0.15, 0.2) is 0 Å². The summed E-state index contributed by atoms with van der Waals surface area (Å²) in [6.07, 6.45) is 0. The Morgan fingerprint density at radius 1 is 1.19 bits per heavy atom. The smallest absolute Gasteiger partial charge is 0.243 e. The van der Waals surface area contributed by atoms with E-state index >= 15 is 0 Å². The number of aliphatic hydroxyl groups is 1. The van der Waals surface area contributed by atoms with E-state index in [1.54, 1.807) is 24.3 Å². The maximum absolute atomic E-state index is 12.4. The van der Waals surface area contributed by atoms with E-state index in [-0.39, 0.29) is 17.2 Å². The SMILES string of the molecule is Nc1cc(Cl)ccc1S(=O)(=O)NC(CO)c1ccccc1. The van der Waals surface area contributed by atoms with Crippen molar-refractivity contribution in [3.63, 3.8) is 0 Å². The van der Waals surface area contributed by atoms with E-state index in [1.165, 1.54) is 18.2 Å². The summed E-state index contributed by atoms with van der Waals surface area (Å²) in [4.78, 5) is -0.0683. The third kappa shape index (κ3) is 3.74. The summed E-state index contributed by atoms with van der Waals surface area (Å²) in [7, 11) is -3.86. The summed E-state index contributed by atoms with van der Waals surface area (Å²) in [6, 6.07) is 12.2. The number of benzene rings is 2. The molecule has 21 heavy (non-hydrogen) atoms. The number of sulfonamides is 1. The average Bonchev–Trinajstić information content (AvgIpc) is 2.45. The van der Waals surface area contributed by atoms with Crippen LogP contribution in [0.15, 0.2) is 53.4 Å². The molecular weight excluding hydrogens is 312 g/mol. The molecule has 1 atom stereocenters. The molecule has 0 radical (unpaired) electrons. The summed E-state index contributed by atoms with van der Waals surface area (Å²) in [6.45, 7) is -0.364. The molecule has 2 aromatic carbocycles. The highest BCUT2D eigenvalue weighted by Crippen LogP contribution is 2.24.